The number of thiazole rings is 1. The van der Waals surface area contributed by atoms with Crippen LogP contribution in [0.15, 0.2) is 72.2 Å². The van der Waals surface area contributed by atoms with Crippen molar-refractivity contribution in [2.75, 3.05) is 6.61 Å². The fraction of sp³-hybridized carbons (Fsp3) is 0.130. The first-order valence-electron chi connectivity index (χ1n) is 9.65. The van der Waals surface area contributed by atoms with Crippen molar-refractivity contribution in [3.63, 3.8) is 0 Å². The van der Waals surface area contributed by atoms with Gasteiger partial charge in [0.1, 0.15) is 5.75 Å². The van der Waals surface area contributed by atoms with Crippen molar-refractivity contribution < 1.29 is 14.5 Å². The summed E-state index contributed by atoms with van der Waals surface area (Å²) in [5, 5.41) is 12.8. The highest BCUT2D eigenvalue weighted by molar-refractivity contribution is 7.16. The number of ether oxygens (including phenoxy) is 1. The van der Waals surface area contributed by atoms with E-state index in [9.17, 15) is 14.9 Å². The van der Waals surface area contributed by atoms with Crippen LogP contribution in [0.3, 0.4) is 0 Å². The summed E-state index contributed by atoms with van der Waals surface area (Å²) in [5.74, 6) is 0.0427. The fourth-order valence-electron chi connectivity index (χ4n) is 3.46. The molecule has 3 aromatic carbocycles. The van der Waals surface area contributed by atoms with E-state index in [0.29, 0.717) is 34.0 Å². The summed E-state index contributed by atoms with van der Waals surface area (Å²) in [5.41, 5.74) is 1.14. The Kier molecular flexibility index (Phi) is 5.64. The van der Waals surface area contributed by atoms with Crippen molar-refractivity contribution >= 4 is 43.9 Å². The Labute approximate surface area is 181 Å². The molecule has 0 bridgehead atoms. The maximum atomic E-state index is 13.3. The van der Waals surface area contributed by atoms with Gasteiger partial charge in [0, 0.05) is 18.7 Å². The van der Waals surface area contributed by atoms with Gasteiger partial charge < -0.3 is 9.30 Å². The van der Waals surface area contributed by atoms with Crippen LogP contribution in [0.2, 0.25) is 0 Å². The first-order chi connectivity index (χ1) is 15.0. The minimum Gasteiger partial charge on any atom is -0.493 e. The van der Waals surface area contributed by atoms with E-state index in [1.165, 1.54) is 23.5 Å². The Hall–Kier alpha value is -3.78. The molecule has 0 aliphatic carbocycles. The molecule has 8 heteroatoms. The molecule has 0 N–H and O–H groups in total. The number of nitro benzene ring substituents is 1. The van der Waals surface area contributed by atoms with Crippen LogP contribution in [0.1, 0.15) is 17.3 Å². The third-order valence-corrected chi connectivity index (χ3v) is 5.83. The number of nitro groups is 1. The highest BCUT2D eigenvalue weighted by Gasteiger charge is 2.18. The number of fused-ring (bicyclic) bond motifs is 2. The number of hydrogen-bond donors (Lipinski definition) is 0. The van der Waals surface area contributed by atoms with Gasteiger partial charge in [-0.3, -0.25) is 14.9 Å². The van der Waals surface area contributed by atoms with Crippen molar-refractivity contribution in [2.45, 2.75) is 13.5 Å². The maximum absolute atomic E-state index is 13.3. The van der Waals surface area contributed by atoms with Crippen LogP contribution in [0.5, 0.6) is 5.75 Å². The summed E-state index contributed by atoms with van der Waals surface area (Å²) in [7, 11) is 0. The molecule has 1 amide bonds. The Morgan fingerprint density at radius 3 is 2.81 bits per heavy atom. The lowest BCUT2D eigenvalue weighted by Gasteiger charge is -2.10. The van der Waals surface area contributed by atoms with Gasteiger partial charge in [0.15, 0.2) is 4.80 Å². The summed E-state index contributed by atoms with van der Waals surface area (Å²) >= 11 is 1.23. The van der Waals surface area contributed by atoms with E-state index in [-0.39, 0.29) is 5.69 Å². The van der Waals surface area contributed by atoms with Crippen LogP contribution in [-0.4, -0.2) is 22.0 Å². The molecule has 0 saturated carbocycles. The van der Waals surface area contributed by atoms with Gasteiger partial charge in [0.25, 0.3) is 11.6 Å². The molecule has 0 unspecified atom stereocenters. The van der Waals surface area contributed by atoms with E-state index in [4.69, 9.17) is 4.74 Å². The summed E-state index contributed by atoms with van der Waals surface area (Å²) in [4.78, 5) is 28.9. The van der Waals surface area contributed by atoms with E-state index in [1.54, 1.807) is 18.2 Å². The minimum atomic E-state index is -0.441. The van der Waals surface area contributed by atoms with Crippen LogP contribution in [0.4, 0.5) is 5.69 Å². The topological polar surface area (TPSA) is 86.7 Å². The van der Waals surface area contributed by atoms with E-state index in [2.05, 4.69) is 11.6 Å². The Bertz CT molecular complexity index is 1400. The van der Waals surface area contributed by atoms with Gasteiger partial charge >= 0.3 is 0 Å². The van der Waals surface area contributed by atoms with Crippen LogP contribution in [0, 0.1) is 10.1 Å². The first kappa shape index (κ1) is 20.5. The average molecular weight is 433 g/mol. The second-order valence-corrected chi connectivity index (χ2v) is 7.71. The third kappa shape index (κ3) is 3.85. The van der Waals surface area contributed by atoms with Crippen molar-refractivity contribution in [1.29, 1.82) is 0 Å². The van der Waals surface area contributed by atoms with Crippen molar-refractivity contribution in [3.05, 3.63) is 87.7 Å². The fourth-order valence-corrected chi connectivity index (χ4v) is 4.53. The second-order valence-electron chi connectivity index (χ2n) is 6.70. The SMILES string of the molecule is C=CCn1c(=NC(=O)c2c(OCC)ccc3ccccc23)sc2cc([N+](=O)[O-])ccc21. The lowest BCUT2D eigenvalue weighted by atomic mass is 10.0. The van der Waals surface area contributed by atoms with Gasteiger partial charge in [-0.1, -0.05) is 47.7 Å². The number of amides is 1. The average Bonchev–Trinajstić information content (AvgIpc) is 3.10. The van der Waals surface area contributed by atoms with E-state index >= 15 is 0 Å². The molecule has 4 aromatic rings. The Morgan fingerprint density at radius 2 is 2.06 bits per heavy atom. The van der Waals surface area contributed by atoms with Gasteiger partial charge in [-0.2, -0.15) is 4.99 Å². The summed E-state index contributed by atoms with van der Waals surface area (Å²) in [6.07, 6.45) is 1.70. The zero-order chi connectivity index (χ0) is 22.0. The number of carbonyl (C=O) groups is 1. The van der Waals surface area contributed by atoms with Gasteiger partial charge in [0.05, 0.1) is 27.3 Å². The normalized spacial score (nSPS) is 11.7. The number of allylic oxidation sites excluding steroid dienone is 1. The minimum absolute atomic E-state index is 0.00920. The molecular formula is C23H19N3O4S. The predicted octanol–water partition coefficient (Wildman–Crippen LogP) is 5.09. The smallest absolute Gasteiger partial charge is 0.284 e. The van der Waals surface area contributed by atoms with Crippen molar-refractivity contribution in [3.8, 4) is 5.75 Å². The Balaban J connectivity index is 1.93. The molecule has 1 heterocycles. The maximum Gasteiger partial charge on any atom is 0.284 e. The lowest BCUT2D eigenvalue weighted by molar-refractivity contribution is -0.384. The number of carbonyl (C=O) groups excluding carboxylic acids is 1. The largest absolute Gasteiger partial charge is 0.493 e. The molecule has 1 aromatic heterocycles. The number of aromatic nitrogens is 1. The van der Waals surface area contributed by atoms with E-state index in [0.717, 1.165) is 16.3 Å². The number of non-ortho nitro benzene ring substituents is 1. The number of hydrogen-bond acceptors (Lipinski definition) is 5. The molecule has 0 spiro atoms. The molecule has 0 aliphatic rings. The van der Waals surface area contributed by atoms with Gasteiger partial charge in [0.2, 0.25) is 0 Å². The van der Waals surface area contributed by atoms with Crippen molar-refractivity contribution in [2.24, 2.45) is 4.99 Å². The molecule has 31 heavy (non-hydrogen) atoms. The van der Waals surface area contributed by atoms with Crippen molar-refractivity contribution in [1.82, 2.24) is 4.57 Å². The molecule has 4 rings (SSSR count). The number of rotatable bonds is 6. The second kappa shape index (κ2) is 8.53. The number of nitrogens with zero attached hydrogens (tertiary/aromatic N) is 3. The molecule has 7 nitrogen and oxygen atoms in total. The first-order valence-corrected chi connectivity index (χ1v) is 10.5. The summed E-state index contributed by atoms with van der Waals surface area (Å²) in [6, 6.07) is 15.9. The standard InChI is InChI=1S/C23H19N3O4S/c1-3-13-25-18-11-10-16(26(28)29)14-20(18)31-23(25)24-22(27)21-17-8-6-5-7-15(17)9-12-19(21)30-4-2/h3,5-12,14H,1,4,13H2,2H3. The molecule has 0 aliphatic heterocycles. The molecule has 0 fully saturated rings. The quantitative estimate of drug-likeness (QED) is 0.241. The van der Waals surface area contributed by atoms with Crippen LogP contribution < -0.4 is 9.54 Å². The molecular weight excluding hydrogens is 414 g/mol. The van der Waals surface area contributed by atoms with Crippen LogP contribution >= 0.6 is 11.3 Å². The van der Waals surface area contributed by atoms with Crippen LogP contribution in [0.25, 0.3) is 21.0 Å². The lowest BCUT2D eigenvalue weighted by Crippen LogP contribution is -2.16. The van der Waals surface area contributed by atoms with E-state index < -0.39 is 10.8 Å². The van der Waals surface area contributed by atoms with Crippen LogP contribution in [-0.2, 0) is 6.54 Å². The third-order valence-electron chi connectivity index (χ3n) is 4.79. The Morgan fingerprint density at radius 1 is 1.26 bits per heavy atom. The van der Waals surface area contributed by atoms with Gasteiger partial charge in [-0.15, -0.1) is 6.58 Å². The van der Waals surface area contributed by atoms with Gasteiger partial charge in [-0.25, -0.2) is 0 Å². The number of benzene rings is 3. The summed E-state index contributed by atoms with van der Waals surface area (Å²) < 4.78 is 8.20. The highest BCUT2D eigenvalue weighted by Crippen LogP contribution is 2.29. The zero-order valence-corrected chi connectivity index (χ0v) is 17.6. The molecule has 0 atom stereocenters. The zero-order valence-electron chi connectivity index (χ0n) is 16.8. The van der Waals surface area contributed by atoms with E-state index in [1.807, 2.05) is 41.8 Å². The van der Waals surface area contributed by atoms with Gasteiger partial charge in [-0.05, 0) is 29.8 Å². The summed E-state index contributed by atoms with van der Waals surface area (Å²) in [6.45, 7) is 6.47. The monoisotopic (exact) mass is 433 g/mol. The predicted molar refractivity (Wildman–Crippen MR) is 122 cm³/mol. The molecule has 0 saturated heterocycles. The molecule has 0 radical (unpaired) electrons. The highest BCUT2D eigenvalue weighted by atomic mass is 32.1. The molecule has 156 valence electrons.